The van der Waals surface area contributed by atoms with E-state index in [1.54, 1.807) is 11.8 Å². The number of benzene rings is 1. The zero-order valence-electron chi connectivity index (χ0n) is 12.1. The van der Waals surface area contributed by atoms with Crippen LogP contribution in [0, 0.1) is 6.92 Å². The summed E-state index contributed by atoms with van der Waals surface area (Å²) in [7, 11) is 2.01. The van der Waals surface area contributed by atoms with Gasteiger partial charge in [0.1, 0.15) is 5.03 Å². The lowest BCUT2D eigenvalue weighted by Gasteiger charge is -2.08. The maximum Gasteiger partial charge on any atom is 0.103 e. The fraction of sp³-hybridized carbons (Fsp3) is 0.400. The Balaban J connectivity index is 2.24. The number of halogens is 1. The number of hydrogen-bond donors (Lipinski definition) is 1. The first kappa shape index (κ1) is 15.6. The summed E-state index contributed by atoms with van der Waals surface area (Å²) in [5.74, 6) is 0. The largest absolute Gasteiger partial charge is 0.313 e. The van der Waals surface area contributed by atoms with Crippen LogP contribution < -0.4 is 5.32 Å². The summed E-state index contributed by atoms with van der Waals surface area (Å²) in [4.78, 5) is 1.22. The lowest BCUT2D eigenvalue weighted by Crippen LogP contribution is -2.14. The van der Waals surface area contributed by atoms with Crippen LogP contribution in [0.3, 0.4) is 0 Å². The molecule has 2 aromatic rings. The molecular formula is C15H20BrN3S. The Labute approximate surface area is 133 Å². The van der Waals surface area contributed by atoms with Gasteiger partial charge in [0.2, 0.25) is 0 Å². The molecule has 0 aliphatic carbocycles. The van der Waals surface area contributed by atoms with Gasteiger partial charge in [0.25, 0.3) is 0 Å². The van der Waals surface area contributed by atoms with Gasteiger partial charge in [0.05, 0.1) is 5.69 Å². The molecule has 1 aromatic carbocycles. The van der Waals surface area contributed by atoms with Crippen molar-refractivity contribution in [3.05, 3.63) is 40.0 Å². The van der Waals surface area contributed by atoms with Crippen LogP contribution in [-0.4, -0.2) is 16.3 Å². The van der Waals surface area contributed by atoms with Crippen LogP contribution in [0.4, 0.5) is 0 Å². The van der Waals surface area contributed by atoms with Gasteiger partial charge in [-0.05, 0) is 48.0 Å². The van der Waals surface area contributed by atoms with Crippen LogP contribution in [-0.2, 0) is 13.6 Å². The molecule has 3 nitrogen and oxygen atoms in total. The van der Waals surface area contributed by atoms with Crippen molar-refractivity contribution in [3.8, 4) is 0 Å². The second-order valence-corrected chi connectivity index (χ2v) is 6.59. The normalized spacial score (nSPS) is 11.0. The molecule has 0 aliphatic rings. The second-order valence-electron chi connectivity index (χ2n) is 4.70. The first-order chi connectivity index (χ1) is 9.63. The Hall–Kier alpha value is -0.780. The van der Waals surface area contributed by atoms with Crippen LogP contribution in [0.15, 0.2) is 38.7 Å². The van der Waals surface area contributed by atoms with E-state index < -0.39 is 0 Å². The molecule has 0 saturated heterocycles. The van der Waals surface area contributed by atoms with Crippen molar-refractivity contribution in [2.45, 2.75) is 36.7 Å². The summed E-state index contributed by atoms with van der Waals surface area (Å²) >= 11 is 5.37. The average molecular weight is 354 g/mol. The Morgan fingerprint density at radius 2 is 2.10 bits per heavy atom. The lowest BCUT2D eigenvalue weighted by atomic mass is 10.2. The van der Waals surface area contributed by atoms with Gasteiger partial charge in [-0.2, -0.15) is 5.10 Å². The molecule has 0 spiro atoms. The molecular weight excluding hydrogens is 334 g/mol. The zero-order chi connectivity index (χ0) is 14.5. The molecule has 0 fully saturated rings. The van der Waals surface area contributed by atoms with Gasteiger partial charge in [0.15, 0.2) is 0 Å². The van der Waals surface area contributed by atoms with E-state index in [1.165, 1.54) is 15.5 Å². The van der Waals surface area contributed by atoms with Gasteiger partial charge in [0, 0.05) is 28.5 Å². The van der Waals surface area contributed by atoms with Crippen molar-refractivity contribution in [2.75, 3.05) is 6.54 Å². The Morgan fingerprint density at radius 1 is 1.35 bits per heavy atom. The highest BCUT2D eigenvalue weighted by molar-refractivity contribution is 9.10. The molecule has 108 valence electrons. The zero-order valence-corrected chi connectivity index (χ0v) is 14.5. The van der Waals surface area contributed by atoms with Crippen LogP contribution in [0.25, 0.3) is 0 Å². The van der Waals surface area contributed by atoms with Crippen molar-refractivity contribution in [2.24, 2.45) is 7.05 Å². The molecule has 0 aliphatic heterocycles. The predicted octanol–water partition coefficient (Wildman–Crippen LogP) is 4.14. The molecule has 1 heterocycles. The van der Waals surface area contributed by atoms with Crippen LogP contribution in [0.1, 0.15) is 24.6 Å². The third kappa shape index (κ3) is 3.65. The molecule has 5 heteroatoms. The van der Waals surface area contributed by atoms with E-state index in [4.69, 9.17) is 0 Å². The maximum absolute atomic E-state index is 4.56. The van der Waals surface area contributed by atoms with Crippen molar-refractivity contribution in [3.63, 3.8) is 0 Å². The van der Waals surface area contributed by atoms with E-state index in [0.29, 0.717) is 0 Å². The number of nitrogens with zero attached hydrogens (tertiary/aromatic N) is 2. The minimum absolute atomic E-state index is 0.875. The summed E-state index contributed by atoms with van der Waals surface area (Å²) in [5, 5.41) is 9.23. The summed E-state index contributed by atoms with van der Waals surface area (Å²) < 4.78 is 3.10. The summed E-state index contributed by atoms with van der Waals surface area (Å²) in [6, 6.07) is 8.29. The minimum Gasteiger partial charge on any atom is -0.313 e. The highest BCUT2D eigenvalue weighted by Gasteiger charge is 2.15. The fourth-order valence-corrected chi connectivity index (χ4v) is 3.60. The number of aromatic nitrogens is 2. The van der Waals surface area contributed by atoms with E-state index in [0.717, 1.165) is 29.7 Å². The molecule has 20 heavy (non-hydrogen) atoms. The van der Waals surface area contributed by atoms with E-state index in [1.807, 2.05) is 17.8 Å². The molecule has 0 radical (unpaired) electrons. The van der Waals surface area contributed by atoms with Crippen molar-refractivity contribution in [1.82, 2.24) is 15.1 Å². The predicted molar refractivity (Wildman–Crippen MR) is 88.2 cm³/mol. The number of aryl methyl sites for hydroxylation is 2. The molecule has 1 aromatic heterocycles. The highest BCUT2D eigenvalue weighted by Crippen LogP contribution is 2.35. The van der Waals surface area contributed by atoms with Crippen LogP contribution in [0.5, 0.6) is 0 Å². The van der Waals surface area contributed by atoms with Gasteiger partial charge in [-0.15, -0.1) is 0 Å². The smallest absolute Gasteiger partial charge is 0.103 e. The van der Waals surface area contributed by atoms with Crippen molar-refractivity contribution >= 4 is 27.7 Å². The summed E-state index contributed by atoms with van der Waals surface area (Å²) in [6.45, 7) is 6.17. The van der Waals surface area contributed by atoms with Gasteiger partial charge < -0.3 is 5.32 Å². The molecule has 0 atom stereocenters. The van der Waals surface area contributed by atoms with Crippen molar-refractivity contribution in [1.29, 1.82) is 0 Å². The van der Waals surface area contributed by atoms with E-state index >= 15 is 0 Å². The number of rotatable bonds is 6. The summed E-state index contributed by atoms with van der Waals surface area (Å²) in [5.41, 5.74) is 2.40. The first-order valence-corrected chi connectivity index (χ1v) is 8.40. The van der Waals surface area contributed by atoms with Crippen LogP contribution >= 0.6 is 27.7 Å². The third-order valence-corrected chi connectivity index (χ3v) is 5.29. The molecule has 2 rings (SSSR count). The molecule has 1 N–H and O–H groups in total. The topological polar surface area (TPSA) is 29.9 Å². The van der Waals surface area contributed by atoms with Gasteiger partial charge >= 0.3 is 0 Å². The first-order valence-electron chi connectivity index (χ1n) is 6.79. The van der Waals surface area contributed by atoms with Crippen molar-refractivity contribution < 1.29 is 0 Å². The number of hydrogen-bond acceptors (Lipinski definition) is 3. The van der Waals surface area contributed by atoms with Gasteiger partial charge in [-0.1, -0.05) is 30.8 Å². The Kier molecular flexibility index (Phi) is 5.69. The monoisotopic (exact) mass is 353 g/mol. The standard InChI is InChI=1S/C15H20BrN3S/c1-4-9-17-10-12-11(2)18-19(3)15(12)20-14-8-6-5-7-13(14)16/h5-8,17H,4,9-10H2,1-3H3. The molecule has 0 saturated carbocycles. The molecule has 0 bridgehead atoms. The van der Waals surface area contributed by atoms with Gasteiger partial charge in [-0.25, -0.2) is 0 Å². The molecule has 0 amide bonds. The Morgan fingerprint density at radius 3 is 2.80 bits per heavy atom. The van der Waals surface area contributed by atoms with E-state index in [2.05, 4.69) is 58.4 Å². The fourth-order valence-electron chi connectivity index (χ4n) is 2.03. The maximum atomic E-state index is 4.56. The van der Waals surface area contributed by atoms with Crippen LogP contribution in [0.2, 0.25) is 0 Å². The quantitative estimate of drug-likeness (QED) is 0.791. The Bertz CT molecular complexity index is 580. The van der Waals surface area contributed by atoms with Gasteiger partial charge in [-0.3, -0.25) is 4.68 Å². The second kappa shape index (κ2) is 7.29. The highest BCUT2D eigenvalue weighted by atomic mass is 79.9. The minimum atomic E-state index is 0.875. The van der Waals surface area contributed by atoms with E-state index in [9.17, 15) is 0 Å². The lowest BCUT2D eigenvalue weighted by molar-refractivity contribution is 0.653. The SMILES string of the molecule is CCCNCc1c(C)nn(C)c1Sc1ccccc1Br. The average Bonchev–Trinajstić information content (AvgIpc) is 2.68. The third-order valence-electron chi connectivity index (χ3n) is 3.06. The molecule has 0 unspecified atom stereocenters. The van der Waals surface area contributed by atoms with E-state index in [-0.39, 0.29) is 0 Å². The number of nitrogens with one attached hydrogen (secondary N) is 1. The summed E-state index contributed by atoms with van der Waals surface area (Å²) in [6.07, 6.45) is 1.14.